The molecule has 0 radical (unpaired) electrons. The summed E-state index contributed by atoms with van der Waals surface area (Å²) >= 11 is 12.4. The van der Waals surface area contributed by atoms with E-state index in [1.165, 1.54) is 12.4 Å². The zero-order valence-corrected chi connectivity index (χ0v) is 18.6. The Morgan fingerprint density at radius 3 is 2.50 bits per heavy atom. The molecule has 1 unspecified atom stereocenters. The lowest BCUT2D eigenvalue weighted by molar-refractivity contribution is 0.0787. The van der Waals surface area contributed by atoms with Crippen molar-refractivity contribution in [2.24, 2.45) is 0 Å². The van der Waals surface area contributed by atoms with Crippen LogP contribution in [-0.4, -0.2) is 36.4 Å². The van der Waals surface area contributed by atoms with Gasteiger partial charge in [-0.3, -0.25) is 9.54 Å². The van der Waals surface area contributed by atoms with Gasteiger partial charge in [-0.25, -0.2) is 0 Å². The smallest absolute Gasteiger partial charge is 0.265 e. The number of fused-ring (bicyclic) bond motifs is 1. The van der Waals surface area contributed by atoms with Crippen LogP contribution in [0.25, 0.3) is 12.2 Å². The summed E-state index contributed by atoms with van der Waals surface area (Å²) in [6.45, 7) is 0. The van der Waals surface area contributed by atoms with E-state index in [1.807, 2.05) is 12.1 Å². The monoisotopic (exact) mass is 469 g/mol. The largest absolute Gasteiger partial charge is 0.493 e. The maximum atomic E-state index is 11.9. The number of benzene rings is 1. The second-order valence-electron chi connectivity index (χ2n) is 7.63. The third kappa shape index (κ3) is 3.91. The Balaban J connectivity index is 1.86. The standard InChI is InChI=1S/C21H21Cl2NO5S/c1-28-18-7-5-13(4-6-14-16(22)10-24-11-17(14)23)19-15(12-30(25,26)27)21(29-20(18)19)8-2-3-9-21/h4-7,10-11,15H,2-3,8-9,12H2,1H3,(H,25,26,27). The number of rotatable bonds is 5. The van der Waals surface area contributed by atoms with Crippen molar-refractivity contribution < 1.29 is 22.4 Å². The molecule has 9 heteroatoms. The molecule has 1 saturated carbocycles. The highest BCUT2D eigenvalue weighted by Crippen LogP contribution is 2.57. The Labute approximate surface area is 185 Å². The van der Waals surface area contributed by atoms with E-state index in [4.69, 9.17) is 32.7 Å². The van der Waals surface area contributed by atoms with Crippen LogP contribution in [-0.2, 0) is 10.1 Å². The number of ether oxygens (including phenoxy) is 2. The number of aromatic nitrogens is 1. The predicted octanol–water partition coefficient (Wildman–Crippen LogP) is 5.24. The van der Waals surface area contributed by atoms with Crippen LogP contribution >= 0.6 is 23.2 Å². The molecule has 160 valence electrons. The van der Waals surface area contributed by atoms with E-state index in [-0.39, 0.29) is 0 Å². The first-order chi connectivity index (χ1) is 14.2. The zero-order valence-electron chi connectivity index (χ0n) is 16.3. The van der Waals surface area contributed by atoms with E-state index in [2.05, 4.69) is 4.98 Å². The lowest BCUT2D eigenvalue weighted by atomic mass is 9.82. The Hall–Kier alpha value is -1.80. The summed E-state index contributed by atoms with van der Waals surface area (Å²) in [6, 6.07) is 3.62. The molecule has 4 rings (SSSR count). The van der Waals surface area contributed by atoms with Crippen LogP contribution in [0.1, 0.15) is 48.3 Å². The Morgan fingerprint density at radius 1 is 1.23 bits per heavy atom. The molecule has 1 N–H and O–H groups in total. The zero-order chi connectivity index (χ0) is 21.5. The van der Waals surface area contributed by atoms with E-state index < -0.39 is 27.4 Å². The molecule has 30 heavy (non-hydrogen) atoms. The van der Waals surface area contributed by atoms with E-state index in [0.717, 1.165) is 31.2 Å². The lowest BCUT2D eigenvalue weighted by Crippen LogP contribution is -2.38. The minimum Gasteiger partial charge on any atom is -0.493 e. The van der Waals surface area contributed by atoms with Crippen LogP contribution in [0.2, 0.25) is 10.0 Å². The van der Waals surface area contributed by atoms with E-state index in [9.17, 15) is 13.0 Å². The molecule has 0 saturated heterocycles. The molecule has 2 aliphatic rings. The summed E-state index contributed by atoms with van der Waals surface area (Å²) in [5.74, 6) is 0.140. The fourth-order valence-electron chi connectivity index (χ4n) is 4.53. The molecule has 1 atom stereocenters. The molecular formula is C21H21Cl2NO5S. The highest BCUT2D eigenvalue weighted by atomic mass is 35.5. The van der Waals surface area contributed by atoms with Gasteiger partial charge in [0.15, 0.2) is 11.5 Å². The van der Waals surface area contributed by atoms with Gasteiger partial charge in [0.1, 0.15) is 5.60 Å². The first kappa shape index (κ1) is 21.4. The minimum absolute atomic E-state index is 0.405. The molecule has 0 amide bonds. The molecule has 2 heterocycles. The van der Waals surface area contributed by atoms with Crippen molar-refractivity contribution in [2.75, 3.05) is 12.9 Å². The maximum Gasteiger partial charge on any atom is 0.265 e. The molecule has 1 spiro atoms. The number of methoxy groups -OCH3 is 1. The summed E-state index contributed by atoms with van der Waals surface area (Å²) in [4.78, 5) is 3.95. The molecule has 1 aromatic heterocycles. The SMILES string of the molecule is COc1ccc(C=Cc2c(Cl)cncc2Cl)c2c1OC1(CCCC1)C2CS(=O)(=O)O. The van der Waals surface area contributed by atoms with E-state index in [0.29, 0.717) is 32.7 Å². The third-order valence-corrected chi connectivity index (χ3v) is 7.21. The first-order valence-corrected chi connectivity index (χ1v) is 11.9. The van der Waals surface area contributed by atoms with Gasteiger partial charge in [-0.1, -0.05) is 41.4 Å². The van der Waals surface area contributed by atoms with Gasteiger partial charge < -0.3 is 9.47 Å². The summed E-state index contributed by atoms with van der Waals surface area (Å²) in [6.07, 6.45) is 9.90. The van der Waals surface area contributed by atoms with Crippen molar-refractivity contribution >= 4 is 45.5 Å². The van der Waals surface area contributed by atoms with Gasteiger partial charge in [-0.2, -0.15) is 8.42 Å². The Morgan fingerprint density at radius 2 is 1.90 bits per heavy atom. The van der Waals surface area contributed by atoms with Crippen LogP contribution in [0.15, 0.2) is 24.5 Å². The maximum absolute atomic E-state index is 11.9. The topological polar surface area (TPSA) is 85.7 Å². The predicted molar refractivity (Wildman–Crippen MR) is 117 cm³/mol. The minimum atomic E-state index is -4.23. The lowest BCUT2D eigenvalue weighted by Gasteiger charge is -2.29. The number of nitrogens with zero attached hydrogens (tertiary/aromatic N) is 1. The Bertz CT molecular complexity index is 1090. The molecule has 1 aliphatic carbocycles. The van der Waals surface area contributed by atoms with Crippen LogP contribution in [0.3, 0.4) is 0 Å². The molecule has 2 aromatic rings. The van der Waals surface area contributed by atoms with Gasteiger partial charge >= 0.3 is 0 Å². The number of halogens is 2. The highest BCUT2D eigenvalue weighted by Gasteiger charge is 2.53. The molecule has 1 aliphatic heterocycles. The van der Waals surface area contributed by atoms with Gasteiger partial charge in [-0.05, 0) is 37.3 Å². The average molecular weight is 470 g/mol. The normalized spacial score (nSPS) is 19.9. The molecule has 1 aromatic carbocycles. The van der Waals surface area contributed by atoms with Crippen molar-refractivity contribution in [3.63, 3.8) is 0 Å². The summed E-state index contributed by atoms with van der Waals surface area (Å²) < 4.78 is 45.3. The van der Waals surface area contributed by atoms with Crippen LogP contribution in [0, 0.1) is 0 Å². The van der Waals surface area contributed by atoms with E-state index in [1.54, 1.807) is 19.3 Å². The molecule has 0 bridgehead atoms. The van der Waals surface area contributed by atoms with Crippen LogP contribution < -0.4 is 9.47 Å². The van der Waals surface area contributed by atoms with Gasteiger partial charge in [0.2, 0.25) is 0 Å². The third-order valence-electron chi connectivity index (χ3n) is 5.85. The summed E-state index contributed by atoms with van der Waals surface area (Å²) in [5, 5.41) is 0.809. The number of hydrogen-bond acceptors (Lipinski definition) is 5. The average Bonchev–Trinajstić information content (AvgIpc) is 3.26. The van der Waals surface area contributed by atoms with Crippen molar-refractivity contribution in [3.8, 4) is 11.5 Å². The number of pyridine rings is 1. The van der Waals surface area contributed by atoms with Crippen LogP contribution in [0.5, 0.6) is 11.5 Å². The van der Waals surface area contributed by atoms with Crippen molar-refractivity contribution in [1.29, 1.82) is 0 Å². The van der Waals surface area contributed by atoms with Crippen LogP contribution in [0.4, 0.5) is 0 Å². The molecule has 1 fully saturated rings. The molecule has 6 nitrogen and oxygen atoms in total. The van der Waals surface area contributed by atoms with Crippen molar-refractivity contribution in [3.05, 3.63) is 51.3 Å². The summed E-state index contributed by atoms with van der Waals surface area (Å²) in [7, 11) is -2.68. The fraction of sp³-hybridized carbons (Fsp3) is 0.381. The second-order valence-corrected chi connectivity index (χ2v) is 9.94. The van der Waals surface area contributed by atoms with Gasteiger partial charge in [-0.15, -0.1) is 0 Å². The van der Waals surface area contributed by atoms with Crippen molar-refractivity contribution in [1.82, 2.24) is 4.98 Å². The van der Waals surface area contributed by atoms with Crippen molar-refractivity contribution in [2.45, 2.75) is 37.2 Å². The van der Waals surface area contributed by atoms with Gasteiger partial charge in [0, 0.05) is 29.4 Å². The second kappa shape index (κ2) is 8.04. The van der Waals surface area contributed by atoms with Gasteiger partial charge in [0.25, 0.3) is 10.1 Å². The quantitative estimate of drug-likeness (QED) is 0.602. The first-order valence-electron chi connectivity index (χ1n) is 9.56. The van der Waals surface area contributed by atoms with Gasteiger partial charge in [0.05, 0.1) is 22.9 Å². The summed E-state index contributed by atoms with van der Waals surface area (Å²) in [5.41, 5.74) is 1.42. The van der Waals surface area contributed by atoms with E-state index >= 15 is 0 Å². The fourth-order valence-corrected chi connectivity index (χ4v) is 5.91. The Kier molecular flexibility index (Phi) is 5.74. The number of hydrogen-bond donors (Lipinski definition) is 1. The molecular weight excluding hydrogens is 449 g/mol. The highest BCUT2D eigenvalue weighted by molar-refractivity contribution is 7.85.